The Kier molecular flexibility index (Phi) is 3.46. The van der Waals surface area contributed by atoms with Crippen LogP contribution in [0.4, 0.5) is 5.69 Å². The van der Waals surface area contributed by atoms with E-state index in [0.717, 1.165) is 6.54 Å². The van der Waals surface area contributed by atoms with E-state index in [1.54, 1.807) is 0 Å². The van der Waals surface area contributed by atoms with E-state index >= 15 is 0 Å². The van der Waals surface area contributed by atoms with Gasteiger partial charge >= 0.3 is 0 Å². The van der Waals surface area contributed by atoms with E-state index in [1.807, 2.05) is 0 Å². The van der Waals surface area contributed by atoms with E-state index in [0.29, 0.717) is 13.1 Å². The Hall–Kier alpha value is -1.37. The fourth-order valence-electron chi connectivity index (χ4n) is 1.93. The van der Waals surface area contributed by atoms with Gasteiger partial charge in [0.2, 0.25) is 0 Å². The quantitative estimate of drug-likeness (QED) is 0.547. The summed E-state index contributed by atoms with van der Waals surface area (Å²) >= 11 is 5.79. The van der Waals surface area contributed by atoms with Gasteiger partial charge in [-0.3, -0.25) is 10.1 Å². The van der Waals surface area contributed by atoms with Crippen molar-refractivity contribution in [1.29, 1.82) is 0 Å². The fraction of sp³-hybridized carbons (Fsp3) is 0.400. The number of nitro groups is 1. The second-order valence-electron chi connectivity index (χ2n) is 3.80. The first-order valence-corrected chi connectivity index (χ1v) is 5.59. The highest BCUT2D eigenvalue weighted by molar-refractivity contribution is 6.32. The monoisotopic (exact) mass is 257 g/mol. The molecule has 0 amide bonds. The number of hydrogen-bond acceptors (Lipinski definition) is 5. The molecule has 1 saturated heterocycles. The van der Waals surface area contributed by atoms with Crippen LogP contribution in [0.1, 0.15) is 11.6 Å². The largest absolute Gasteiger partial charge is 0.506 e. The third kappa shape index (κ3) is 2.33. The molecule has 1 atom stereocenters. The van der Waals surface area contributed by atoms with Gasteiger partial charge < -0.3 is 15.7 Å². The van der Waals surface area contributed by atoms with Crippen molar-refractivity contribution in [3.8, 4) is 5.75 Å². The van der Waals surface area contributed by atoms with Crippen molar-refractivity contribution < 1.29 is 10.0 Å². The summed E-state index contributed by atoms with van der Waals surface area (Å²) in [4.78, 5) is 10.4. The molecule has 92 valence electrons. The lowest BCUT2D eigenvalue weighted by atomic mass is 10.0. The molecule has 3 N–H and O–H groups in total. The third-order valence-corrected chi connectivity index (χ3v) is 3.04. The summed E-state index contributed by atoms with van der Waals surface area (Å²) < 4.78 is 0. The predicted octanol–water partition coefficient (Wildman–Crippen LogP) is 1.19. The number of benzene rings is 1. The summed E-state index contributed by atoms with van der Waals surface area (Å²) in [5.41, 5.74) is 0.128. The molecule has 6 nitrogen and oxygen atoms in total. The van der Waals surface area contributed by atoms with Crippen LogP contribution in [0.2, 0.25) is 5.02 Å². The smallest absolute Gasteiger partial charge is 0.278 e. The number of nitrogens with one attached hydrogen (secondary N) is 2. The molecular weight excluding hydrogens is 246 g/mol. The van der Waals surface area contributed by atoms with Gasteiger partial charge in [-0.25, -0.2) is 0 Å². The van der Waals surface area contributed by atoms with Crippen LogP contribution in [0.15, 0.2) is 12.1 Å². The number of aromatic hydroxyl groups is 1. The number of nitrogens with zero attached hydrogens (tertiary/aromatic N) is 1. The van der Waals surface area contributed by atoms with Gasteiger partial charge in [0.1, 0.15) is 5.75 Å². The van der Waals surface area contributed by atoms with Gasteiger partial charge in [-0.05, 0) is 6.07 Å². The first kappa shape index (κ1) is 12.1. The third-order valence-electron chi connectivity index (χ3n) is 2.73. The van der Waals surface area contributed by atoms with Crippen LogP contribution in [0.5, 0.6) is 5.75 Å². The van der Waals surface area contributed by atoms with Crippen molar-refractivity contribution in [1.82, 2.24) is 10.6 Å². The highest BCUT2D eigenvalue weighted by Crippen LogP contribution is 2.38. The molecule has 0 aliphatic carbocycles. The average Bonchev–Trinajstić information content (AvgIpc) is 2.33. The van der Waals surface area contributed by atoms with Gasteiger partial charge in [0.05, 0.1) is 21.6 Å². The molecule has 0 aromatic heterocycles. The molecule has 1 heterocycles. The first-order valence-electron chi connectivity index (χ1n) is 5.21. The Balaban J connectivity index is 2.48. The summed E-state index contributed by atoms with van der Waals surface area (Å²) in [7, 11) is 0. The SMILES string of the molecule is O=[N+]([O-])c1ccc(Cl)c(O)c1[C@H]1CNCCN1. The van der Waals surface area contributed by atoms with Crippen molar-refractivity contribution in [2.45, 2.75) is 6.04 Å². The van der Waals surface area contributed by atoms with E-state index < -0.39 is 4.92 Å². The Morgan fingerprint density at radius 3 is 2.82 bits per heavy atom. The van der Waals surface area contributed by atoms with Crippen molar-refractivity contribution in [3.63, 3.8) is 0 Å². The maximum atomic E-state index is 10.9. The van der Waals surface area contributed by atoms with Crippen molar-refractivity contribution in [2.24, 2.45) is 0 Å². The Morgan fingerprint density at radius 1 is 1.47 bits per heavy atom. The zero-order valence-electron chi connectivity index (χ0n) is 8.94. The molecule has 17 heavy (non-hydrogen) atoms. The Labute approximate surface area is 103 Å². The zero-order chi connectivity index (χ0) is 12.4. The summed E-state index contributed by atoms with van der Waals surface area (Å²) in [5, 5.41) is 27.1. The highest BCUT2D eigenvalue weighted by Gasteiger charge is 2.28. The predicted molar refractivity (Wildman–Crippen MR) is 63.4 cm³/mol. The second kappa shape index (κ2) is 4.87. The minimum Gasteiger partial charge on any atom is -0.506 e. The van der Waals surface area contributed by atoms with E-state index in [9.17, 15) is 15.2 Å². The molecule has 0 radical (unpaired) electrons. The van der Waals surface area contributed by atoms with Gasteiger partial charge in [-0.1, -0.05) is 11.6 Å². The fourth-order valence-corrected chi connectivity index (χ4v) is 2.10. The van der Waals surface area contributed by atoms with Crippen molar-refractivity contribution in [2.75, 3.05) is 19.6 Å². The first-order chi connectivity index (χ1) is 8.11. The lowest BCUT2D eigenvalue weighted by Gasteiger charge is -2.25. The van der Waals surface area contributed by atoms with Crippen LogP contribution >= 0.6 is 11.6 Å². The van der Waals surface area contributed by atoms with Gasteiger partial charge in [0.25, 0.3) is 5.69 Å². The number of phenols is 1. The van der Waals surface area contributed by atoms with Crippen molar-refractivity contribution >= 4 is 17.3 Å². The highest BCUT2D eigenvalue weighted by atomic mass is 35.5. The molecule has 1 aliphatic heterocycles. The summed E-state index contributed by atoms with van der Waals surface area (Å²) in [5.74, 6) is -0.220. The molecule has 1 aromatic rings. The van der Waals surface area contributed by atoms with Crippen LogP contribution in [0, 0.1) is 10.1 Å². The number of halogens is 1. The molecular formula is C10H12ClN3O3. The van der Waals surface area contributed by atoms with Gasteiger partial charge in [0.15, 0.2) is 0 Å². The molecule has 1 fully saturated rings. The number of hydrogen-bond donors (Lipinski definition) is 3. The lowest BCUT2D eigenvalue weighted by Crippen LogP contribution is -2.42. The minimum absolute atomic E-state index is 0.117. The lowest BCUT2D eigenvalue weighted by molar-refractivity contribution is -0.385. The molecule has 1 aromatic carbocycles. The Morgan fingerprint density at radius 2 is 2.24 bits per heavy atom. The van der Waals surface area contributed by atoms with Crippen molar-refractivity contribution in [3.05, 3.63) is 32.8 Å². The molecule has 0 saturated carbocycles. The van der Waals surface area contributed by atoms with Crippen LogP contribution in [-0.4, -0.2) is 29.7 Å². The summed E-state index contributed by atoms with van der Waals surface area (Å²) in [6.45, 7) is 2.01. The summed E-state index contributed by atoms with van der Waals surface area (Å²) in [6.07, 6.45) is 0. The van der Waals surface area contributed by atoms with Gasteiger partial charge in [0, 0.05) is 25.7 Å². The zero-order valence-corrected chi connectivity index (χ0v) is 9.70. The van der Waals surface area contributed by atoms with Crippen LogP contribution in [-0.2, 0) is 0 Å². The van der Waals surface area contributed by atoms with Gasteiger partial charge in [-0.15, -0.1) is 0 Å². The maximum absolute atomic E-state index is 10.9. The number of nitro benzene ring substituents is 1. The number of piperazine rings is 1. The topological polar surface area (TPSA) is 87.4 Å². The normalized spacial score (nSPS) is 20.2. The maximum Gasteiger partial charge on any atom is 0.278 e. The number of rotatable bonds is 2. The Bertz CT molecular complexity index is 447. The molecule has 2 rings (SSSR count). The van der Waals surface area contributed by atoms with E-state index in [1.165, 1.54) is 12.1 Å². The minimum atomic E-state index is -0.512. The number of phenolic OH excluding ortho intramolecular Hbond substituents is 1. The summed E-state index contributed by atoms with van der Waals surface area (Å²) in [6, 6.07) is 2.34. The molecule has 1 aliphatic rings. The van der Waals surface area contributed by atoms with Crippen LogP contribution in [0.25, 0.3) is 0 Å². The van der Waals surface area contributed by atoms with Crippen LogP contribution in [0.3, 0.4) is 0 Å². The molecule has 0 spiro atoms. The van der Waals surface area contributed by atoms with E-state index in [2.05, 4.69) is 10.6 Å². The molecule has 0 bridgehead atoms. The molecule has 0 unspecified atom stereocenters. The van der Waals surface area contributed by atoms with E-state index in [4.69, 9.17) is 11.6 Å². The standard InChI is InChI=1S/C10H12ClN3O3/c11-6-1-2-8(14(16)17)9(10(6)15)7-5-12-3-4-13-7/h1-2,7,12-13,15H,3-5H2/t7-/m1/s1. The van der Waals surface area contributed by atoms with E-state index in [-0.39, 0.29) is 28.1 Å². The van der Waals surface area contributed by atoms with Crippen LogP contribution < -0.4 is 10.6 Å². The van der Waals surface area contributed by atoms with Gasteiger partial charge in [-0.2, -0.15) is 0 Å². The second-order valence-corrected chi connectivity index (χ2v) is 4.20. The molecule has 7 heteroatoms. The average molecular weight is 258 g/mol.